The van der Waals surface area contributed by atoms with Gasteiger partial charge in [0.1, 0.15) is 26.2 Å². The van der Waals surface area contributed by atoms with Crippen molar-refractivity contribution in [2.45, 2.75) is 6.54 Å². The maximum Gasteiger partial charge on any atom is 0.279 e. The first-order valence-electron chi connectivity index (χ1n) is 9.77. The van der Waals surface area contributed by atoms with E-state index in [1.54, 1.807) is 6.07 Å². The van der Waals surface area contributed by atoms with Crippen LogP contribution in [-0.2, 0) is 11.3 Å². The molecule has 1 aromatic heterocycles. The molecule has 0 spiro atoms. The third kappa shape index (κ3) is 5.20. The van der Waals surface area contributed by atoms with Crippen LogP contribution in [0.15, 0.2) is 59.0 Å². The van der Waals surface area contributed by atoms with Crippen LogP contribution in [0, 0.1) is 0 Å². The molecule has 29 heavy (non-hydrogen) atoms. The lowest BCUT2D eigenvalue weighted by molar-refractivity contribution is -1.02. The van der Waals surface area contributed by atoms with Crippen molar-refractivity contribution in [3.05, 3.63) is 65.5 Å². The highest BCUT2D eigenvalue weighted by Gasteiger charge is 2.26. The van der Waals surface area contributed by atoms with Crippen molar-refractivity contribution < 1.29 is 19.0 Å². The smallest absolute Gasteiger partial charge is 0.279 e. The summed E-state index contributed by atoms with van der Waals surface area (Å²) in [5.74, 6) is 1.19. The molecule has 1 aliphatic heterocycles. The molecule has 0 aliphatic carbocycles. The highest BCUT2D eigenvalue weighted by Crippen LogP contribution is 2.20. The summed E-state index contributed by atoms with van der Waals surface area (Å²) in [5.41, 5.74) is 1.59. The van der Waals surface area contributed by atoms with Gasteiger partial charge in [-0.25, -0.2) is 0 Å². The summed E-state index contributed by atoms with van der Waals surface area (Å²) in [6, 6.07) is 17.1. The number of halogens is 1. The molecule has 150 valence electrons. The van der Waals surface area contributed by atoms with E-state index in [9.17, 15) is 4.79 Å². The van der Waals surface area contributed by atoms with Crippen LogP contribution < -0.4 is 15.1 Å². The van der Waals surface area contributed by atoms with Gasteiger partial charge >= 0.3 is 0 Å². The van der Waals surface area contributed by atoms with Gasteiger partial charge in [0, 0.05) is 5.56 Å². The van der Waals surface area contributed by atoms with Crippen molar-refractivity contribution in [2.75, 3.05) is 38.0 Å². The van der Waals surface area contributed by atoms with Crippen LogP contribution in [0.5, 0.6) is 0 Å². The van der Waals surface area contributed by atoms with Crippen LogP contribution in [0.25, 0.3) is 11.5 Å². The SMILES string of the molecule is O=C(C[NH+]1CC[NH+](Cc2nnc(-c3ccccc3)o2)CC1)Nc1ccccc1Cl. The first-order chi connectivity index (χ1) is 14.2. The molecular formula is C21H24ClN5O2+2. The number of quaternary nitrogens is 2. The molecule has 7 nitrogen and oxygen atoms in total. The lowest BCUT2D eigenvalue weighted by Gasteiger charge is -2.28. The molecule has 4 rings (SSSR count). The second-order valence-electron chi connectivity index (χ2n) is 7.25. The first kappa shape index (κ1) is 19.6. The highest BCUT2D eigenvalue weighted by molar-refractivity contribution is 6.33. The molecule has 2 aromatic carbocycles. The molecule has 8 heteroatoms. The van der Waals surface area contributed by atoms with Crippen LogP contribution in [0.1, 0.15) is 5.89 Å². The van der Waals surface area contributed by atoms with E-state index in [1.165, 1.54) is 9.80 Å². The van der Waals surface area contributed by atoms with Crippen LogP contribution in [0.4, 0.5) is 5.69 Å². The Hall–Kier alpha value is -2.74. The summed E-state index contributed by atoms with van der Waals surface area (Å²) in [4.78, 5) is 15.0. The van der Waals surface area contributed by atoms with Gasteiger partial charge in [0.05, 0.1) is 10.7 Å². The largest absolute Gasteiger partial charge is 0.415 e. The van der Waals surface area contributed by atoms with Crippen molar-refractivity contribution in [3.8, 4) is 11.5 Å². The number of amides is 1. The van der Waals surface area contributed by atoms with E-state index in [-0.39, 0.29) is 5.91 Å². The second-order valence-corrected chi connectivity index (χ2v) is 7.66. The van der Waals surface area contributed by atoms with Crippen molar-refractivity contribution in [3.63, 3.8) is 0 Å². The zero-order valence-corrected chi connectivity index (χ0v) is 16.8. The number of hydrogen-bond donors (Lipinski definition) is 3. The Labute approximate surface area is 174 Å². The summed E-state index contributed by atoms with van der Waals surface area (Å²) in [7, 11) is 0. The van der Waals surface area contributed by atoms with Gasteiger partial charge in [-0.2, -0.15) is 0 Å². The minimum Gasteiger partial charge on any atom is -0.415 e. The van der Waals surface area contributed by atoms with Gasteiger partial charge in [-0.15, -0.1) is 10.2 Å². The van der Waals surface area contributed by atoms with Gasteiger partial charge in [0.15, 0.2) is 13.1 Å². The zero-order valence-electron chi connectivity index (χ0n) is 16.0. The van der Waals surface area contributed by atoms with Crippen molar-refractivity contribution in [2.24, 2.45) is 0 Å². The number of nitrogens with zero attached hydrogens (tertiary/aromatic N) is 2. The van der Waals surface area contributed by atoms with Crippen LogP contribution in [-0.4, -0.2) is 48.8 Å². The van der Waals surface area contributed by atoms with Crippen molar-refractivity contribution in [1.29, 1.82) is 0 Å². The molecule has 0 saturated carbocycles. The number of nitrogens with one attached hydrogen (secondary N) is 3. The molecule has 1 fully saturated rings. The topological polar surface area (TPSA) is 76.9 Å². The van der Waals surface area contributed by atoms with Crippen molar-refractivity contribution >= 4 is 23.2 Å². The Morgan fingerprint density at radius 3 is 2.41 bits per heavy atom. The maximum absolute atomic E-state index is 12.3. The molecule has 0 unspecified atom stereocenters. The van der Waals surface area contributed by atoms with Gasteiger partial charge in [0.2, 0.25) is 5.89 Å². The zero-order chi connectivity index (χ0) is 20.1. The number of aromatic nitrogens is 2. The van der Waals surface area contributed by atoms with E-state index >= 15 is 0 Å². The highest BCUT2D eigenvalue weighted by atomic mass is 35.5. The second kappa shape index (κ2) is 9.17. The quantitative estimate of drug-likeness (QED) is 0.543. The minimum atomic E-state index is -0.0130. The molecule has 0 radical (unpaired) electrons. The number of carbonyl (C=O) groups is 1. The Balaban J connectivity index is 1.24. The molecule has 1 amide bonds. The molecule has 0 bridgehead atoms. The van der Waals surface area contributed by atoms with Crippen LogP contribution in [0.2, 0.25) is 5.02 Å². The standard InChI is InChI=1S/C21H22ClN5O2/c22-17-8-4-5-9-18(17)23-19(28)14-26-10-12-27(13-11-26)15-20-24-25-21(29-20)16-6-2-1-3-7-16/h1-9H,10-15H2,(H,23,28)/p+2. The molecule has 3 N–H and O–H groups in total. The molecular weight excluding hydrogens is 390 g/mol. The van der Waals surface area contributed by atoms with E-state index in [1.807, 2.05) is 48.5 Å². The average molecular weight is 414 g/mol. The van der Waals surface area contributed by atoms with E-state index in [0.717, 1.165) is 31.7 Å². The summed E-state index contributed by atoms with van der Waals surface area (Å²) in [5, 5.41) is 11.8. The van der Waals surface area contributed by atoms with Gasteiger partial charge in [-0.1, -0.05) is 41.9 Å². The third-order valence-corrected chi connectivity index (χ3v) is 5.44. The maximum atomic E-state index is 12.3. The predicted molar refractivity (Wildman–Crippen MR) is 110 cm³/mol. The number of anilines is 1. The van der Waals surface area contributed by atoms with Gasteiger partial charge < -0.3 is 19.5 Å². The predicted octanol–water partition coefficient (Wildman–Crippen LogP) is 0.312. The number of piperazine rings is 1. The fourth-order valence-corrected chi connectivity index (χ4v) is 3.71. The lowest BCUT2D eigenvalue weighted by atomic mass is 10.2. The average Bonchev–Trinajstić information content (AvgIpc) is 3.20. The molecule has 3 aromatic rings. The molecule has 2 heterocycles. The number of para-hydroxylation sites is 1. The number of rotatable bonds is 6. The molecule has 1 aliphatic rings. The van der Waals surface area contributed by atoms with E-state index < -0.39 is 0 Å². The fourth-order valence-electron chi connectivity index (χ4n) is 3.53. The van der Waals surface area contributed by atoms with Crippen LogP contribution >= 0.6 is 11.6 Å². The summed E-state index contributed by atoms with van der Waals surface area (Å²) in [6.07, 6.45) is 0. The Kier molecular flexibility index (Phi) is 6.19. The van der Waals surface area contributed by atoms with Crippen LogP contribution in [0.3, 0.4) is 0 Å². The molecule has 0 atom stereocenters. The summed E-state index contributed by atoms with van der Waals surface area (Å²) in [6.45, 7) is 4.90. The Bertz CT molecular complexity index is 954. The number of carbonyl (C=O) groups excluding carboxylic acids is 1. The van der Waals surface area contributed by atoms with E-state index in [0.29, 0.717) is 35.6 Å². The monoisotopic (exact) mass is 413 g/mol. The Morgan fingerprint density at radius 2 is 1.66 bits per heavy atom. The normalized spacial score (nSPS) is 19.1. The third-order valence-electron chi connectivity index (χ3n) is 5.11. The number of hydrogen-bond acceptors (Lipinski definition) is 4. The molecule has 1 saturated heterocycles. The fraction of sp³-hybridized carbons (Fsp3) is 0.286. The first-order valence-corrected chi connectivity index (χ1v) is 10.1. The van der Waals surface area contributed by atoms with Gasteiger partial charge in [-0.3, -0.25) is 4.79 Å². The van der Waals surface area contributed by atoms with E-state index in [2.05, 4.69) is 15.5 Å². The summed E-state index contributed by atoms with van der Waals surface area (Å²) >= 11 is 6.10. The van der Waals surface area contributed by atoms with Gasteiger partial charge in [0.25, 0.3) is 11.8 Å². The lowest BCUT2D eigenvalue weighted by Crippen LogP contribution is -3.28. The minimum absolute atomic E-state index is 0.0130. The number of benzene rings is 2. The summed E-state index contributed by atoms with van der Waals surface area (Å²) < 4.78 is 5.81. The Morgan fingerprint density at radius 1 is 0.966 bits per heavy atom. The van der Waals surface area contributed by atoms with Gasteiger partial charge in [-0.05, 0) is 24.3 Å². The van der Waals surface area contributed by atoms with E-state index in [4.69, 9.17) is 16.0 Å². The van der Waals surface area contributed by atoms with Crippen molar-refractivity contribution in [1.82, 2.24) is 10.2 Å².